The van der Waals surface area contributed by atoms with Crippen LogP contribution < -0.4 is 0 Å². The van der Waals surface area contributed by atoms with Crippen LogP contribution in [0.5, 0.6) is 0 Å². The van der Waals surface area contributed by atoms with Gasteiger partial charge in [0.05, 0.1) is 31.8 Å². The summed E-state index contributed by atoms with van der Waals surface area (Å²) in [6, 6.07) is 0. The van der Waals surface area contributed by atoms with Crippen LogP contribution >= 0.6 is 0 Å². The van der Waals surface area contributed by atoms with E-state index in [1.54, 1.807) is 0 Å². The van der Waals surface area contributed by atoms with Crippen molar-refractivity contribution in [2.24, 2.45) is 11.3 Å². The van der Waals surface area contributed by atoms with Crippen LogP contribution in [0, 0.1) is 11.3 Å². The van der Waals surface area contributed by atoms with E-state index in [2.05, 4.69) is 0 Å². The van der Waals surface area contributed by atoms with Crippen LogP contribution in [-0.4, -0.2) is 42.4 Å². The van der Waals surface area contributed by atoms with Crippen molar-refractivity contribution in [3.05, 3.63) is 0 Å². The highest BCUT2D eigenvalue weighted by molar-refractivity contribution is 4.85. The van der Waals surface area contributed by atoms with Crippen LogP contribution in [0.4, 0.5) is 0 Å². The predicted octanol–water partition coefficient (Wildman–Crippen LogP) is 0.911. The Balaban J connectivity index is 1.81. The minimum atomic E-state index is -0.612. The van der Waals surface area contributed by atoms with Crippen molar-refractivity contribution < 1.29 is 19.7 Å². The molecule has 1 saturated carbocycles. The maximum absolute atomic E-state index is 9.22. The second kappa shape index (κ2) is 4.61. The maximum Gasteiger partial charge on any atom is 0.165 e. The normalized spacial score (nSPS) is 27.9. The molecule has 0 amide bonds. The van der Waals surface area contributed by atoms with Crippen molar-refractivity contribution in [3.8, 4) is 0 Å². The molecule has 2 rings (SSSR count). The van der Waals surface area contributed by atoms with Gasteiger partial charge in [0.15, 0.2) is 5.79 Å². The highest BCUT2D eigenvalue weighted by atomic mass is 16.7. The minimum Gasteiger partial charge on any atom is -0.396 e. The Morgan fingerprint density at radius 2 is 1.69 bits per heavy atom. The first-order valence-electron chi connectivity index (χ1n) is 6.11. The third kappa shape index (κ3) is 2.74. The van der Waals surface area contributed by atoms with E-state index < -0.39 is 11.2 Å². The molecule has 0 atom stereocenters. The summed E-state index contributed by atoms with van der Waals surface area (Å²) < 4.78 is 11.4. The molecule has 1 aliphatic carbocycles. The van der Waals surface area contributed by atoms with Crippen molar-refractivity contribution in [2.75, 3.05) is 26.4 Å². The van der Waals surface area contributed by atoms with E-state index in [4.69, 9.17) is 9.47 Å². The molecule has 0 spiro atoms. The number of ether oxygens (including phenoxy) is 2. The fourth-order valence-electron chi connectivity index (χ4n) is 1.94. The van der Waals surface area contributed by atoms with Crippen LogP contribution in [0.1, 0.15) is 32.6 Å². The van der Waals surface area contributed by atoms with Crippen LogP contribution in [-0.2, 0) is 9.47 Å². The summed E-state index contributed by atoms with van der Waals surface area (Å²) in [5.74, 6) is 0.350. The van der Waals surface area contributed by atoms with Gasteiger partial charge < -0.3 is 19.7 Å². The lowest BCUT2D eigenvalue weighted by Crippen LogP contribution is -2.51. The van der Waals surface area contributed by atoms with Crippen molar-refractivity contribution in [2.45, 2.75) is 38.4 Å². The zero-order valence-corrected chi connectivity index (χ0v) is 9.95. The van der Waals surface area contributed by atoms with E-state index in [9.17, 15) is 10.2 Å². The first-order chi connectivity index (χ1) is 7.61. The lowest BCUT2D eigenvalue weighted by molar-refractivity contribution is -0.306. The average Bonchev–Trinajstić information content (AvgIpc) is 3.13. The van der Waals surface area contributed by atoms with Gasteiger partial charge in [-0.05, 0) is 19.3 Å². The van der Waals surface area contributed by atoms with Crippen molar-refractivity contribution in [1.29, 1.82) is 0 Å². The summed E-state index contributed by atoms with van der Waals surface area (Å²) in [5, 5.41) is 18.4. The summed E-state index contributed by atoms with van der Waals surface area (Å²) in [5.41, 5.74) is -0.612. The van der Waals surface area contributed by atoms with Crippen molar-refractivity contribution in [1.82, 2.24) is 0 Å². The maximum atomic E-state index is 9.22. The Bertz CT molecular complexity index is 223. The van der Waals surface area contributed by atoms with Gasteiger partial charge in [-0.15, -0.1) is 0 Å². The van der Waals surface area contributed by atoms with E-state index >= 15 is 0 Å². The molecule has 1 saturated heterocycles. The summed E-state index contributed by atoms with van der Waals surface area (Å²) in [4.78, 5) is 0. The van der Waals surface area contributed by atoms with Gasteiger partial charge in [0.2, 0.25) is 0 Å². The second-order valence-electron chi connectivity index (χ2n) is 5.51. The number of aliphatic hydroxyl groups excluding tert-OH is 2. The summed E-state index contributed by atoms with van der Waals surface area (Å²) in [7, 11) is 0. The molecular weight excluding hydrogens is 208 g/mol. The smallest absolute Gasteiger partial charge is 0.165 e. The molecule has 2 aliphatic rings. The van der Waals surface area contributed by atoms with Gasteiger partial charge in [-0.2, -0.15) is 0 Å². The molecular formula is C12H22O4. The fraction of sp³-hybridized carbons (Fsp3) is 1.00. The number of hydrogen-bond donors (Lipinski definition) is 2. The van der Waals surface area contributed by atoms with Gasteiger partial charge in [0, 0.05) is 6.42 Å². The van der Waals surface area contributed by atoms with E-state index in [0.29, 0.717) is 13.2 Å². The Hall–Kier alpha value is -0.160. The van der Waals surface area contributed by atoms with Gasteiger partial charge in [-0.25, -0.2) is 0 Å². The van der Waals surface area contributed by atoms with E-state index in [-0.39, 0.29) is 13.2 Å². The molecule has 1 aliphatic heterocycles. The lowest BCUT2D eigenvalue weighted by atomic mass is 9.90. The first kappa shape index (κ1) is 12.3. The second-order valence-corrected chi connectivity index (χ2v) is 5.51. The van der Waals surface area contributed by atoms with Crippen LogP contribution in [0.3, 0.4) is 0 Å². The van der Waals surface area contributed by atoms with Crippen molar-refractivity contribution in [3.63, 3.8) is 0 Å². The molecule has 0 aromatic carbocycles. The summed E-state index contributed by atoms with van der Waals surface area (Å²) in [6.45, 7) is 2.51. The van der Waals surface area contributed by atoms with Crippen LogP contribution in [0.15, 0.2) is 0 Å². The number of hydrogen-bond acceptors (Lipinski definition) is 4. The number of aliphatic hydroxyl groups is 2. The first-order valence-corrected chi connectivity index (χ1v) is 6.11. The molecule has 94 valence electrons. The Morgan fingerprint density at radius 1 is 1.12 bits per heavy atom. The predicted molar refractivity (Wildman–Crippen MR) is 58.9 cm³/mol. The zero-order valence-electron chi connectivity index (χ0n) is 9.95. The summed E-state index contributed by atoms with van der Waals surface area (Å²) in [6.07, 6.45) is 4.74. The fourth-order valence-corrected chi connectivity index (χ4v) is 1.94. The van der Waals surface area contributed by atoms with Crippen LogP contribution in [0.25, 0.3) is 0 Å². The zero-order chi connectivity index (χ0) is 11.6. The molecule has 2 fully saturated rings. The summed E-state index contributed by atoms with van der Waals surface area (Å²) >= 11 is 0. The molecule has 4 nitrogen and oxygen atoms in total. The van der Waals surface area contributed by atoms with Gasteiger partial charge in [-0.1, -0.05) is 12.8 Å². The molecule has 16 heavy (non-hydrogen) atoms. The Kier molecular flexibility index (Phi) is 3.54. The molecule has 1 heterocycles. The molecule has 0 bridgehead atoms. The van der Waals surface area contributed by atoms with Crippen molar-refractivity contribution >= 4 is 0 Å². The molecule has 0 aromatic rings. The van der Waals surface area contributed by atoms with Gasteiger partial charge in [0.25, 0.3) is 0 Å². The average molecular weight is 230 g/mol. The van der Waals surface area contributed by atoms with E-state index in [1.165, 1.54) is 12.8 Å². The quantitative estimate of drug-likeness (QED) is 0.737. The lowest BCUT2D eigenvalue weighted by Gasteiger charge is -2.43. The largest absolute Gasteiger partial charge is 0.396 e. The topological polar surface area (TPSA) is 58.9 Å². The van der Waals surface area contributed by atoms with Gasteiger partial charge >= 0.3 is 0 Å². The van der Waals surface area contributed by atoms with E-state index in [0.717, 1.165) is 18.8 Å². The highest BCUT2D eigenvalue weighted by Crippen LogP contribution is 2.38. The third-order valence-corrected chi connectivity index (χ3v) is 3.74. The monoisotopic (exact) mass is 230 g/mol. The van der Waals surface area contributed by atoms with Gasteiger partial charge in [-0.3, -0.25) is 0 Å². The Morgan fingerprint density at radius 3 is 2.12 bits per heavy atom. The standard InChI is InChI=1S/C12H22O4/c1-11(5-4-10-2-3-10)15-8-12(6-13,7-14)9-16-11/h10,13-14H,2-9H2,1H3. The van der Waals surface area contributed by atoms with Gasteiger partial charge in [0.1, 0.15) is 0 Å². The SMILES string of the molecule is CC1(CCC2CC2)OCC(CO)(CO)CO1. The molecule has 4 heteroatoms. The third-order valence-electron chi connectivity index (χ3n) is 3.74. The van der Waals surface area contributed by atoms with E-state index in [1.807, 2.05) is 6.92 Å². The molecule has 2 N–H and O–H groups in total. The molecule has 0 radical (unpaired) electrons. The molecule has 0 aromatic heterocycles. The number of rotatable bonds is 5. The highest BCUT2D eigenvalue weighted by Gasteiger charge is 2.42. The minimum absolute atomic E-state index is 0.0950. The van der Waals surface area contributed by atoms with Crippen LogP contribution in [0.2, 0.25) is 0 Å². The molecule has 0 unspecified atom stereocenters. The Labute approximate surface area is 96.6 Å².